The summed E-state index contributed by atoms with van der Waals surface area (Å²) < 4.78 is 1.25. The van der Waals surface area contributed by atoms with E-state index in [2.05, 4.69) is 5.32 Å². The van der Waals surface area contributed by atoms with Crippen molar-refractivity contribution in [1.82, 2.24) is 14.8 Å². The molecule has 2 heterocycles. The Labute approximate surface area is 114 Å². The number of nitrogens with zero attached hydrogens (tertiary/aromatic N) is 2. The fraction of sp³-hybridized carbons (Fsp3) is 0.455. The van der Waals surface area contributed by atoms with Crippen molar-refractivity contribution in [1.29, 1.82) is 0 Å². The molecular formula is C11H13Cl2N3O2. The highest BCUT2D eigenvalue weighted by atomic mass is 35.5. The van der Waals surface area contributed by atoms with Crippen LogP contribution in [0, 0.1) is 0 Å². The van der Waals surface area contributed by atoms with E-state index in [0.29, 0.717) is 18.1 Å². The summed E-state index contributed by atoms with van der Waals surface area (Å²) in [6.07, 6.45) is 1.43. The third-order valence-electron chi connectivity index (χ3n) is 2.78. The van der Waals surface area contributed by atoms with Gasteiger partial charge in [-0.15, -0.1) is 0 Å². The SMILES string of the molecule is O=C(Cn1cc(Cl)cc(Cl)c1=O)N1CCNCC1. The van der Waals surface area contributed by atoms with Crippen molar-refractivity contribution in [3.05, 3.63) is 32.7 Å². The zero-order valence-corrected chi connectivity index (χ0v) is 11.2. The van der Waals surface area contributed by atoms with Gasteiger partial charge in [-0.05, 0) is 6.07 Å². The van der Waals surface area contributed by atoms with Gasteiger partial charge >= 0.3 is 0 Å². The molecule has 1 N–H and O–H groups in total. The van der Waals surface area contributed by atoms with Crippen LogP contribution in [0.25, 0.3) is 0 Å². The van der Waals surface area contributed by atoms with Crippen LogP contribution >= 0.6 is 23.2 Å². The van der Waals surface area contributed by atoms with Crippen LogP contribution in [0.3, 0.4) is 0 Å². The van der Waals surface area contributed by atoms with Gasteiger partial charge in [0.2, 0.25) is 5.91 Å². The van der Waals surface area contributed by atoms with Crippen LogP contribution in [0.5, 0.6) is 0 Å². The van der Waals surface area contributed by atoms with Gasteiger partial charge in [-0.25, -0.2) is 0 Å². The molecule has 1 fully saturated rings. The van der Waals surface area contributed by atoms with E-state index in [4.69, 9.17) is 23.2 Å². The highest BCUT2D eigenvalue weighted by Gasteiger charge is 2.17. The molecule has 98 valence electrons. The van der Waals surface area contributed by atoms with Gasteiger partial charge in [0.15, 0.2) is 0 Å². The molecule has 1 saturated heterocycles. The number of aromatic nitrogens is 1. The van der Waals surface area contributed by atoms with E-state index >= 15 is 0 Å². The van der Waals surface area contributed by atoms with E-state index in [1.165, 1.54) is 16.8 Å². The van der Waals surface area contributed by atoms with E-state index in [-0.39, 0.29) is 17.5 Å². The molecule has 7 heteroatoms. The normalized spacial score (nSPS) is 15.8. The molecule has 1 aliphatic heterocycles. The van der Waals surface area contributed by atoms with Crippen LogP contribution in [0.1, 0.15) is 0 Å². The molecule has 0 atom stereocenters. The highest BCUT2D eigenvalue weighted by Crippen LogP contribution is 2.11. The molecule has 1 aromatic heterocycles. The Morgan fingerprint density at radius 3 is 2.67 bits per heavy atom. The van der Waals surface area contributed by atoms with E-state index in [9.17, 15) is 9.59 Å². The van der Waals surface area contributed by atoms with Gasteiger partial charge in [-0.3, -0.25) is 9.59 Å². The van der Waals surface area contributed by atoms with Crippen molar-refractivity contribution >= 4 is 29.1 Å². The Kier molecular flexibility index (Phi) is 4.27. The fourth-order valence-electron chi connectivity index (χ4n) is 1.84. The zero-order chi connectivity index (χ0) is 13.1. The summed E-state index contributed by atoms with van der Waals surface area (Å²) in [6, 6.07) is 1.37. The quantitative estimate of drug-likeness (QED) is 0.867. The molecule has 18 heavy (non-hydrogen) atoms. The Balaban J connectivity index is 2.13. The molecule has 5 nitrogen and oxygen atoms in total. The minimum Gasteiger partial charge on any atom is -0.339 e. The molecule has 0 radical (unpaired) electrons. The summed E-state index contributed by atoms with van der Waals surface area (Å²) >= 11 is 11.5. The monoisotopic (exact) mass is 289 g/mol. The second-order valence-corrected chi connectivity index (χ2v) is 4.91. The Bertz CT molecular complexity index is 510. The standard InChI is InChI=1S/C11H13Cl2N3O2/c12-8-5-9(13)11(18)16(6-8)7-10(17)15-3-1-14-2-4-15/h5-6,14H,1-4,7H2. The smallest absolute Gasteiger partial charge is 0.269 e. The Morgan fingerprint density at radius 1 is 1.33 bits per heavy atom. The van der Waals surface area contributed by atoms with Crippen LogP contribution < -0.4 is 10.9 Å². The van der Waals surface area contributed by atoms with E-state index < -0.39 is 5.56 Å². The first-order chi connectivity index (χ1) is 8.58. The summed E-state index contributed by atoms with van der Waals surface area (Å²) in [6.45, 7) is 2.83. The van der Waals surface area contributed by atoms with E-state index in [0.717, 1.165) is 13.1 Å². The van der Waals surface area contributed by atoms with Crippen LogP contribution in [-0.4, -0.2) is 41.6 Å². The number of hydrogen-bond donors (Lipinski definition) is 1. The van der Waals surface area contributed by atoms with Gasteiger partial charge in [0.25, 0.3) is 5.56 Å². The predicted octanol–water partition coefficient (Wildman–Crippen LogP) is 0.587. The maximum atomic E-state index is 12.0. The summed E-state index contributed by atoms with van der Waals surface area (Å²) in [4.78, 5) is 25.4. The predicted molar refractivity (Wildman–Crippen MR) is 70.2 cm³/mol. The highest BCUT2D eigenvalue weighted by molar-refractivity contribution is 6.34. The lowest BCUT2D eigenvalue weighted by atomic mass is 10.3. The number of amides is 1. The number of hydrogen-bond acceptors (Lipinski definition) is 3. The third kappa shape index (κ3) is 3.04. The third-order valence-corrected chi connectivity index (χ3v) is 3.26. The van der Waals surface area contributed by atoms with Gasteiger partial charge in [0.05, 0.1) is 5.02 Å². The van der Waals surface area contributed by atoms with Gasteiger partial charge in [0, 0.05) is 32.4 Å². The van der Waals surface area contributed by atoms with Crippen molar-refractivity contribution in [2.24, 2.45) is 0 Å². The molecule has 1 aromatic rings. The molecule has 2 rings (SSSR count). The maximum absolute atomic E-state index is 12.0. The molecule has 1 amide bonds. The summed E-state index contributed by atoms with van der Waals surface area (Å²) in [5.74, 6) is -0.100. The van der Waals surface area contributed by atoms with Crippen molar-refractivity contribution < 1.29 is 4.79 Å². The molecule has 0 aliphatic carbocycles. The van der Waals surface area contributed by atoms with Gasteiger partial charge in [-0.1, -0.05) is 23.2 Å². The number of piperazine rings is 1. The van der Waals surface area contributed by atoms with Crippen LogP contribution in [-0.2, 0) is 11.3 Å². The number of pyridine rings is 1. The number of rotatable bonds is 2. The van der Waals surface area contributed by atoms with Gasteiger partial charge in [-0.2, -0.15) is 0 Å². The average molecular weight is 290 g/mol. The number of halogens is 2. The van der Waals surface area contributed by atoms with Crippen molar-refractivity contribution in [3.63, 3.8) is 0 Å². The van der Waals surface area contributed by atoms with E-state index in [1.54, 1.807) is 4.90 Å². The van der Waals surface area contributed by atoms with E-state index in [1.807, 2.05) is 0 Å². The summed E-state index contributed by atoms with van der Waals surface area (Å²) in [7, 11) is 0. The molecule has 0 aromatic carbocycles. The molecule has 1 aliphatic rings. The van der Waals surface area contributed by atoms with Gasteiger partial charge < -0.3 is 14.8 Å². The zero-order valence-electron chi connectivity index (χ0n) is 9.66. The minimum atomic E-state index is -0.399. The maximum Gasteiger partial charge on any atom is 0.269 e. The lowest BCUT2D eigenvalue weighted by molar-refractivity contribution is -0.132. The summed E-state index contributed by atoms with van der Waals surface area (Å²) in [5, 5.41) is 3.52. The number of carbonyl (C=O) groups excluding carboxylic acids is 1. The number of carbonyl (C=O) groups is 1. The molecule has 0 bridgehead atoms. The average Bonchev–Trinajstić information content (AvgIpc) is 2.36. The molecular weight excluding hydrogens is 277 g/mol. The number of nitrogens with one attached hydrogen (secondary N) is 1. The summed E-state index contributed by atoms with van der Waals surface area (Å²) in [5.41, 5.74) is -0.399. The topological polar surface area (TPSA) is 54.3 Å². The lowest BCUT2D eigenvalue weighted by Crippen LogP contribution is -2.48. The first-order valence-corrected chi connectivity index (χ1v) is 6.37. The van der Waals surface area contributed by atoms with Crippen LogP contribution in [0.4, 0.5) is 0 Å². The second kappa shape index (κ2) is 5.73. The van der Waals surface area contributed by atoms with Crippen molar-refractivity contribution in [3.8, 4) is 0 Å². The van der Waals surface area contributed by atoms with Gasteiger partial charge in [0.1, 0.15) is 11.6 Å². The molecule has 0 unspecified atom stereocenters. The first-order valence-electron chi connectivity index (χ1n) is 5.62. The molecule has 0 saturated carbocycles. The van der Waals surface area contributed by atoms with Crippen LogP contribution in [0.2, 0.25) is 10.0 Å². The van der Waals surface area contributed by atoms with Crippen LogP contribution in [0.15, 0.2) is 17.1 Å². The Hall–Kier alpha value is -1.04. The minimum absolute atomic E-state index is 0.0237. The lowest BCUT2D eigenvalue weighted by Gasteiger charge is -2.27. The first kappa shape index (κ1) is 13.4. The largest absolute Gasteiger partial charge is 0.339 e. The van der Waals surface area contributed by atoms with Crippen molar-refractivity contribution in [2.75, 3.05) is 26.2 Å². The second-order valence-electron chi connectivity index (χ2n) is 4.07. The Morgan fingerprint density at radius 2 is 2.00 bits per heavy atom. The fourth-order valence-corrected chi connectivity index (χ4v) is 2.35. The molecule has 0 spiro atoms. The van der Waals surface area contributed by atoms with Crippen molar-refractivity contribution in [2.45, 2.75) is 6.54 Å².